The first-order chi connectivity index (χ1) is 13.5. The van der Waals surface area contributed by atoms with Crippen molar-refractivity contribution in [2.75, 3.05) is 6.61 Å². The second-order valence-corrected chi connectivity index (χ2v) is 6.53. The highest BCUT2D eigenvalue weighted by Gasteiger charge is 2.10. The van der Waals surface area contributed by atoms with Gasteiger partial charge in [-0.15, -0.1) is 0 Å². The number of aryl methyl sites for hydroxylation is 2. The Labute approximate surface area is 166 Å². The largest absolute Gasteiger partial charge is 0.484 e. The predicted octanol–water partition coefficient (Wildman–Crippen LogP) is 2.96. The van der Waals surface area contributed by atoms with Crippen molar-refractivity contribution in [2.45, 2.75) is 13.8 Å². The number of carbonyl (C=O) groups is 1. The molecule has 28 heavy (non-hydrogen) atoms. The Morgan fingerprint density at radius 2 is 2.00 bits per heavy atom. The molecule has 0 atom stereocenters. The second kappa shape index (κ2) is 8.58. The van der Waals surface area contributed by atoms with E-state index in [2.05, 4.69) is 15.6 Å². The van der Waals surface area contributed by atoms with Crippen LogP contribution in [0.3, 0.4) is 0 Å². The lowest BCUT2D eigenvalue weighted by Gasteiger charge is -2.06. The van der Waals surface area contributed by atoms with Gasteiger partial charge >= 0.3 is 0 Å². The van der Waals surface area contributed by atoms with Gasteiger partial charge in [-0.05, 0) is 49.7 Å². The fraction of sp³-hybridized carbons (Fsp3) is 0.150. The number of ether oxygens (including phenoxy) is 1. The number of nitrogens with one attached hydrogen (secondary N) is 2. The van der Waals surface area contributed by atoms with Crippen LogP contribution in [0.1, 0.15) is 16.8 Å². The van der Waals surface area contributed by atoms with Crippen LogP contribution in [0.15, 0.2) is 58.4 Å². The van der Waals surface area contributed by atoms with Gasteiger partial charge in [0.1, 0.15) is 5.75 Å². The van der Waals surface area contributed by atoms with Crippen LogP contribution in [0.5, 0.6) is 5.75 Å². The fourth-order valence-corrected chi connectivity index (χ4v) is 2.64. The Kier molecular flexibility index (Phi) is 5.96. The smallest absolute Gasteiger partial charge is 0.280 e. The standard InChI is InChI=1S/C20H19ClN4O3/c1-13-10-16(8-9-18(13)21)28-12-19(26)23-22-11-17-14(2)24-25(20(17)27)15-6-4-3-5-7-15/h3-11,24H,12H2,1-2H3,(H,23,26). The number of H-pyrrole nitrogens is 1. The highest BCUT2D eigenvalue weighted by atomic mass is 35.5. The summed E-state index contributed by atoms with van der Waals surface area (Å²) in [7, 11) is 0. The normalized spacial score (nSPS) is 11.0. The van der Waals surface area contributed by atoms with Crippen LogP contribution in [-0.2, 0) is 4.79 Å². The lowest BCUT2D eigenvalue weighted by molar-refractivity contribution is -0.123. The molecule has 1 heterocycles. The molecule has 144 valence electrons. The van der Waals surface area contributed by atoms with Gasteiger partial charge in [-0.3, -0.25) is 14.7 Å². The third kappa shape index (κ3) is 4.50. The minimum Gasteiger partial charge on any atom is -0.484 e. The third-order valence-corrected chi connectivity index (χ3v) is 4.44. The summed E-state index contributed by atoms with van der Waals surface area (Å²) < 4.78 is 6.82. The quantitative estimate of drug-likeness (QED) is 0.494. The van der Waals surface area contributed by atoms with E-state index in [1.165, 1.54) is 10.9 Å². The summed E-state index contributed by atoms with van der Waals surface area (Å²) in [5.74, 6) is 0.0914. The van der Waals surface area contributed by atoms with E-state index < -0.39 is 5.91 Å². The van der Waals surface area contributed by atoms with Crippen molar-refractivity contribution in [3.63, 3.8) is 0 Å². The number of amides is 1. The molecule has 0 aliphatic rings. The van der Waals surface area contributed by atoms with E-state index in [0.29, 0.717) is 27.7 Å². The molecule has 2 aromatic carbocycles. The van der Waals surface area contributed by atoms with Crippen LogP contribution >= 0.6 is 11.6 Å². The topological polar surface area (TPSA) is 88.5 Å². The molecule has 3 aromatic rings. The van der Waals surface area contributed by atoms with Crippen LogP contribution in [0.25, 0.3) is 5.69 Å². The van der Waals surface area contributed by atoms with Gasteiger partial charge in [-0.2, -0.15) is 5.10 Å². The number of carbonyl (C=O) groups excluding carboxylic acids is 1. The van der Waals surface area contributed by atoms with Crippen molar-refractivity contribution >= 4 is 23.7 Å². The van der Waals surface area contributed by atoms with Gasteiger partial charge in [0.05, 0.1) is 17.5 Å². The molecule has 1 amide bonds. The van der Waals surface area contributed by atoms with Gasteiger partial charge in [0.2, 0.25) is 0 Å². The van der Waals surface area contributed by atoms with Crippen molar-refractivity contribution < 1.29 is 9.53 Å². The molecule has 0 aliphatic carbocycles. The minimum absolute atomic E-state index is 0.210. The zero-order chi connectivity index (χ0) is 20.1. The maximum atomic E-state index is 12.5. The molecule has 0 saturated carbocycles. The molecule has 0 fully saturated rings. The van der Waals surface area contributed by atoms with Crippen molar-refractivity contribution in [1.29, 1.82) is 0 Å². The number of rotatable bonds is 6. The van der Waals surface area contributed by atoms with Crippen LogP contribution in [0.2, 0.25) is 5.02 Å². The summed E-state index contributed by atoms with van der Waals surface area (Å²) >= 11 is 5.95. The molecule has 7 nitrogen and oxygen atoms in total. The Bertz CT molecular complexity index is 1070. The Morgan fingerprint density at radius 3 is 2.71 bits per heavy atom. The average Bonchev–Trinajstić information content (AvgIpc) is 2.98. The van der Waals surface area contributed by atoms with Gasteiger partial charge in [-0.1, -0.05) is 29.8 Å². The van der Waals surface area contributed by atoms with E-state index in [1.54, 1.807) is 25.1 Å². The molecule has 0 unspecified atom stereocenters. The molecule has 0 aliphatic heterocycles. The monoisotopic (exact) mass is 398 g/mol. The van der Waals surface area contributed by atoms with Crippen molar-refractivity contribution in [2.24, 2.45) is 5.10 Å². The van der Waals surface area contributed by atoms with Gasteiger partial charge < -0.3 is 4.74 Å². The average molecular weight is 399 g/mol. The van der Waals surface area contributed by atoms with Crippen LogP contribution in [0.4, 0.5) is 0 Å². The SMILES string of the molecule is Cc1cc(OCC(=O)NN=Cc2c(C)[nH]n(-c3ccccc3)c2=O)ccc1Cl. The van der Waals surface area contributed by atoms with Gasteiger partial charge in [-0.25, -0.2) is 10.1 Å². The number of para-hydroxylation sites is 1. The first-order valence-corrected chi connectivity index (χ1v) is 8.91. The van der Waals surface area contributed by atoms with Gasteiger partial charge in [0.15, 0.2) is 6.61 Å². The molecule has 0 bridgehead atoms. The van der Waals surface area contributed by atoms with E-state index in [4.69, 9.17) is 16.3 Å². The van der Waals surface area contributed by atoms with Crippen LogP contribution in [-0.4, -0.2) is 28.5 Å². The molecular formula is C20H19ClN4O3. The van der Waals surface area contributed by atoms with Crippen LogP contribution < -0.4 is 15.7 Å². The van der Waals surface area contributed by atoms with Gasteiger partial charge in [0.25, 0.3) is 11.5 Å². The Hall–Kier alpha value is -3.32. The number of hydrazone groups is 1. The summed E-state index contributed by atoms with van der Waals surface area (Å²) in [4.78, 5) is 24.4. The lowest BCUT2D eigenvalue weighted by Crippen LogP contribution is -2.25. The first-order valence-electron chi connectivity index (χ1n) is 8.53. The summed E-state index contributed by atoms with van der Waals surface area (Å²) in [6, 6.07) is 14.3. The summed E-state index contributed by atoms with van der Waals surface area (Å²) in [5, 5.41) is 7.47. The van der Waals surface area contributed by atoms with Crippen molar-refractivity contribution in [3.8, 4) is 11.4 Å². The molecule has 3 rings (SSSR count). The Balaban J connectivity index is 1.61. The highest BCUT2D eigenvalue weighted by Crippen LogP contribution is 2.20. The first kappa shape index (κ1) is 19.4. The van der Waals surface area contributed by atoms with Crippen LogP contribution in [0, 0.1) is 13.8 Å². The molecule has 0 saturated heterocycles. The van der Waals surface area contributed by atoms with Gasteiger partial charge in [0, 0.05) is 10.7 Å². The number of hydrogen-bond donors (Lipinski definition) is 2. The number of hydrogen-bond acceptors (Lipinski definition) is 4. The second-order valence-electron chi connectivity index (χ2n) is 6.12. The van der Waals surface area contributed by atoms with E-state index >= 15 is 0 Å². The van der Waals surface area contributed by atoms with Crippen molar-refractivity contribution in [3.05, 3.63) is 80.7 Å². The molecule has 0 spiro atoms. The predicted molar refractivity (Wildman–Crippen MR) is 109 cm³/mol. The minimum atomic E-state index is -0.444. The molecular weight excluding hydrogens is 380 g/mol. The number of aromatic nitrogens is 2. The zero-order valence-corrected chi connectivity index (χ0v) is 16.2. The number of halogens is 1. The lowest BCUT2D eigenvalue weighted by atomic mass is 10.2. The molecule has 0 radical (unpaired) electrons. The number of benzene rings is 2. The third-order valence-electron chi connectivity index (χ3n) is 4.01. The number of aromatic amines is 1. The highest BCUT2D eigenvalue weighted by molar-refractivity contribution is 6.31. The molecule has 8 heteroatoms. The summed E-state index contributed by atoms with van der Waals surface area (Å²) in [5.41, 5.74) is 4.66. The number of nitrogens with zero attached hydrogens (tertiary/aromatic N) is 2. The molecule has 2 N–H and O–H groups in total. The maximum absolute atomic E-state index is 12.5. The van der Waals surface area contributed by atoms with E-state index in [-0.39, 0.29) is 12.2 Å². The summed E-state index contributed by atoms with van der Waals surface area (Å²) in [6.07, 6.45) is 1.32. The molecule has 1 aromatic heterocycles. The Morgan fingerprint density at radius 1 is 1.25 bits per heavy atom. The van der Waals surface area contributed by atoms with E-state index in [9.17, 15) is 9.59 Å². The zero-order valence-electron chi connectivity index (χ0n) is 15.4. The van der Waals surface area contributed by atoms with E-state index in [0.717, 1.165) is 5.56 Å². The fourth-order valence-electron chi connectivity index (χ4n) is 2.53. The summed E-state index contributed by atoms with van der Waals surface area (Å²) in [6.45, 7) is 3.40. The maximum Gasteiger partial charge on any atom is 0.280 e. The van der Waals surface area contributed by atoms with E-state index in [1.807, 2.05) is 37.3 Å². The van der Waals surface area contributed by atoms with Crippen molar-refractivity contribution in [1.82, 2.24) is 15.2 Å².